The van der Waals surface area contributed by atoms with Crippen molar-refractivity contribution in [2.24, 2.45) is 0 Å². The second-order valence-corrected chi connectivity index (χ2v) is 5.81. The molecule has 3 aromatic rings. The molecular formula is C17H20ClN5. The highest BCUT2D eigenvalue weighted by atomic mass is 35.5. The van der Waals surface area contributed by atoms with E-state index in [-0.39, 0.29) is 5.28 Å². The number of hydrogen-bond donors (Lipinski definition) is 1. The van der Waals surface area contributed by atoms with E-state index in [0.717, 1.165) is 43.5 Å². The van der Waals surface area contributed by atoms with Crippen molar-refractivity contribution in [2.45, 2.75) is 32.7 Å². The number of nitrogens with zero attached hydrogens (tertiary/aromatic N) is 4. The van der Waals surface area contributed by atoms with Crippen LogP contribution in [0.3, 0.4) is 0 Å². The molecule has 0 amide bonds. The molecule has 6 heteroatoms. The molecule has 0 aliphatic rings. The molecule has 0 aliphatic heterocycles. The molecule has 0 radical (unpaired) electrons. The fourth-order valence-corrected chi connectivity index (χ4v) is 2.67. The largest absolute Gasteiger partial charge is 0.368 e. The van der Waals surface area contributed by atoms with Gasteiger partial charge >= 0.3 is 0 Å². The van der Waals surface area contributed by atoms with Crippen LogP contribution in [-0.2, 0) is 13.0 Å². The van der Waals surface area contributed by atoms with E-state index in [1.54, 1.807) is 0 Å². The zero-order valence-corrected chi connectivity index (χ0v) is 13.9. The van der Waals surface area contributed by atoms with Crippen LogP contribution in [0.2, 0.25) is 5.28 Å². The maximum Gasteiger partial charge on any atom is 0.226 e. The van der Waals surface area contributed by atoms with Crippen LogP contribution in [0.15, 0.2) is 36.7 Å². The van der Waals surface area contributed by atoms with Gasteiger partial charge in [-0.1, -0.05) is 43.7 Å². The molecule has 1 aromatic carbocycles. The highest BCUT2D eigenvalue weighted by Gasteiger charge is 2.12. The molecule has 0 fully saturated rings. The first kappa shape index (κ1) is 15.7. The van der Waals surface area contributed by atoms with Gasteiger partial charge in [-0.05, 0) is 30.0 Å². The molecule has 0 unspecified atom stereocenters. The first-order valence-electron chi connectivity index (χ1n) is 7.94. The lowest BCUT2D eigenvalue weighted by Gasteiger charge is -2.07. The van der Waals surface area contributed by atoms with Crippen molar-refractivity contribution < 1.29 is 0 Å². The lowest BCUT2D eigenvalue weighted by atomic mass is 10.1. The Bertz CT molecular complexity index is 769. The minimum absolute atomic E-state index is 0.248. The van der Waals surface area contributed by atoms with Gasteiger partial charge in [-0.25, -0.2) is 4.98 Å². The number of nitrogens with one attached hydrogen (secondary N) is 1. The summed E-state index contributed by atoms with van der Waals surface area (Å²) in [6.45, 7) is 3.83. The van der Waals surface area contributed by atoms with E-state index in [2.05, 4.69) is 39.3 Å². The summed E-state index contributed by atoms with van der Waals surface area (Å²) in [6, 6.07) is 10.3. The van der Waals surface area contributed by atoms with Gasteiger partial charge in [0.05, 0.1) is 6.33 Å². The lowest BCUT2D eigenvalue weighted by molar-refractivity contribution is 0.641. The summed E-state index contributed by atoms with van der Waals surface area (Å²) < 4.78 is 2.04. The van der Waals surface area contributed by atoms with Crippen LogP contribution in [0, 0.1) is 0 Å². The van der Waals surface area contributed by atoms with E-state index in [1.807, 2.05) is 29.1 Å². The Hall–Kier alpha value is -2.14. The Kier molecular flexibility index (Phi) is 5.08. The van der Waals surface area contributed by atoms with Crippen LogP contribution in [0.5, 0.6) is 0 Å². The summed E-state index contributed by atoms with van der Waals surface area (Å²) in [5, 5.41) is 3.58. The van der Waals surface area contributed by atoms with Crippen LogP contribution in [0.4, 0.5) is 5.82 Å². The van der Waals surface area contributed by atoms with E-state index in [9.17, 15) is 0 Å². The van der Waals surface area contributed by atoms with Crippen molar-refractivity contribution in [1.82, 2.24) is 19.5 Å². The molecular weight excluding hydrogens is 310 g/mol. The van der Waals surface area contributed by atoms with Crippen LogP contribution < -0.4 is 5.32 Å². The maximum absolute atomic E-state index is 6.08. The molecule has 2 aromatic heterocycles. The van der Waals surface area contributed by atoms with Gasteiger partial charge in [-0.3, -0.25) is 0 Å². The van der Waals surface area contributed by atoms with E-state index in [4.69, 9.17) is 11.6 Å². The quantitative estimate of drug-likeness (QED) is 0.667. The van der Waals surface area contributed by atoms with Crippen molar-refractivity contribution in [2.75, 3.05) is 11.9 Å². The third-order valence-electron chi connectivity index (χ3n) is 3.74. The Morgan fingerprint density at radius 2 is 2.00 bits per heavy atom. The highest BCUT2D eigenvalue weighted by molar-refractivity contribution is 6.28. The van der Waals surface area contributed by atoms with Crippen molar-refractivity contribution >= 4 is 28.6 Å². The Morgan fingerprint density at radius 3 is 2.78 bits per heavy atom. The fourth-order valence-electron chi connectivity index (χ4n) is 2.50. The van der Waals surface area contributed by atoms with Crippen molar-refractivity contribution in [3.63, 3.8) is 0 Å². The number of benzene rings is 1. The highest BCUT2D eigenvalue weighted by Crippen LogP contribution is 2.21. The molecule has 0 saturated heterocycles. The van der Waals surface area contributed by atoms with Gasteiger partial charge in [0.2, 0.25) is 5.28 Å². The Labute approximate surface area is 140 Å². The smallest absolute Gasteiger partial charge is 0.226 e. The SMILES string of the molecule is CCCCn1cnc2c(NCCc3ccccc3)nc(Cl)nc21. The summed E-state index contributed by atoms with van der Waals surface area (Å²) in [4.78, 5) is 13.1. The lowest BCUT2D eigenvalue weighted by Crippen LogP contribution is -2.08. The summed E-state index contributed by atoms with van der Waals surface area (Å²) in [6.07, 6.45) is 4.94. The number of rotatable bonds is 7. The number of unbranched alkanes of at least 4 members (excludes halogenated alkanes) is 1. The topological polar surface area (TPSA) is 55.6 Å². The minimum atomic E-state index is 0.248. The second-order valence-electron chi connectivity index (χ2n) is 5.47. The molecule has 3 rings (SSSR count). The average molecular weight is 330 g/mol. The van der Waals surface area contributed by atoms with Crippen molar-refractivity contribution in [3.05, 3.63) is 47.5 Å². The number of fused-ring (bicyclic) bond motifs is 1. The predicted octanol–water partition coefficient (Wildman–Crippen LogP) is 3.93. The van der Waals surface area contributed by atoms with E-state index in [0.29, 0.717) is 5.82 Å². The molecule has 0 saturated carbocycles. The van der Waals surface area contributed by atoms with Gasteiger partial charge in [-0.15, -0.1) is 0 Å². The second kappa shape index (κ2) is 7.42. The van der Waals surface area contributed by atoms with Gasteiger partial charge in [0, 0.05) is 13.1 Å². The van der Waals surface area contributed by atoms with Crippen molar-refractivity contribution in [3.8, 4) is 0 Å². The number of hydrogen-bond acceptors (Lipinski definition) is 4. The number of anilines is 1. The average Bonchev–Trinajstić information content (AvgIpc) is 2.97. The van der Waals surface area contributed by atoms with Crippen molar-refractivity contribution in [1.29, 1.82) is 0 Å². The first-order valence-corrected chi connectivity index (χ1v) is 8.32. The molecule has 120 valence electrons. The molecule has 5 nitrogen and oxygen atoms in total. The molecule has 23 heavy (non-hydrogen) atoms. The van der Waals surface area contributed by atoms with E-state index in [1.165, 1.54) is 5.56 Å². The molecule has 0 aliphatic carbocycles. The third kappa shape index (κ3) is 3.79. The fraction of sp³-hybridized carbons (Fsp3) is 0.353. The molecule has 0 spiro atoms. The third-order valence-corrected chi connectivity index (χ3v) is 3.91. The van der Waals surface area contributed by atoms with Crippen LogP contribution in [0.25, 0.3) is 11.2 Å². The summed E-state index contributed by atoms with van der Waals surface area (Å²) in [7, 11) is 0. The van der Waals surface area contributed by atoms with Crippen LogP contribution in [0.1, 0.15) is 25.3 Å². The molecule has 1 N–H and O–H groups in total. The van der Waals surface area contributed by atoms with E-state index >= 15 is 0 Å². The van der Waals surface area contributed by atoms with Gasteiger partial charge in [0.15, 0.2) is 17.0 Å². The summed E-state index contributed by atoms with van der Waals surface area (Å²) in [5.41, 5.74) is 2.85. The standard InChI is InChI=1S/C17H20ClN5/c1-2-3-11-23-12-20-14-15(21-17(18)22-16(14)23)19-10-9-13-7-5-4-6-8-13/h4-8,12H,2-3,9-11H2,1H3,(H,19,21,22). The number of aryl methyl sites for hydroxylation is 1. The summed E-state index contributed by atoms with van der Waals surface area (Å²) >= 11 is 6.08. The Morgan fingerprint density at radius 1 is 1.17 bits per heavy atom. The zero-order chi connectivity index (χ0) is 16.1. The van der Waals surface area contributed by atoms with Crippen LogP contribution >= 0.6 is 11.6 Å². The maximum atomic E-state index is 6.08. The van der Waals surface area contributed by atoms with Crippen LogP contribution in [-0.4, -0.2) is 26.1 Å². The van der Waals surface area contributed by atoms with Gasteiger partial charge in [-0.2, -0.15) is 9.97 Å². The molecule has 2 heterocycles. The Balaban J connectivity index is 1.76. The number of halogens is 1. The monoisotopic (exact) mass is 329 g/mol. The normalized spacial score (nSPS) is 11.0. The predicted molar refractivity (Wildman–Crippen MR) is 93.9 cm³/mol. The molecule has 0 bridgehead atoms. The van der Waals surface area contributed by atoms with Gasteiger partial charge < -0.3 is 9.88 Å². The van der Waals surface area contributed by atoms with Gasteiger partial charge in [0.25, 0.3) is 0 Å². The minimum Gasteiger partial charge on any atom is -0.368 e. The molecule has 0 atom stereocenters. The first-order chi connectivity index (χ1) is 11.3. The van der Waals surface area contributed by atoms with E-state index < -0.39 is 0 Å². The van der Waals surface area contributed by atoms with Gasteiger partial charge in [0.1, 0.15) is 0 Å². The number of imidazole rings is 1. The zero-order valence-electron chi connectivity index (χ0n) is 13.2. The summed E-state index contributed by atoms with van der Waals surface area (Å²) in [5.74, 6) is 0.700. The number of aromatic nitrogens is 4.